The molecule has 5 saturated heterocycles. The number of Topliss-reactive ketones (excluding diaryl/α,β-unsaturated/α-hetero) is 3. The van der Waals surface area contributed by atoms with Crippen LogP contribution in [0.15, 0.2) is 121 Å². The molecule has 0 aromatic heterocycles. The molecule has 29 heteroatoms. The molecule has 25 nitrogen and oxygen atoms in total. The van der Waals surface area contributed by atoms with Crippen molar-refractivity contribution in [3.8, 4) is 0 Å². The SMILES string of the molecule is C.CC1CCN(C(=O)OCc2ccccc2)CCCC1=O.CC1CCN(C(=O)OCc2ccccc2)CCCC1O.CC1CCNCCCC1O.CCC1(C)CCN(C(=O)OCc2ccccc2)CCCC1=O.CCC1CCN(C(=O)OCc2ccccc2)CCCC1=O.CCO.CO.O=C=O.O=C=O.[2H]CF.[B].[H-].[K+].[Na+].[OH-]. The van der Waals surface area contributed by atoms with Crippen molar-refractivity contribution in [2.45, 2.75) is 204 Å². The van der Waals surface area contributed by atoms with Crippen molar-refractivity contribution in [2.24, 2.45) is 29.1 Å². The van der Waals surface area contributed by atoms with E-state index in [-0.39, 0.29) is 182 Å². The number of alkyl halides is 1. The number of nitrogens with one attached hydrogen (secondary N) is 1. The summed E-state index contributed by atoms with van der Waals surface area (Å²) in [6.07, 6.45) is 12.4. The largest absolute Gasteiger partial charge is 1.00 e. The standard InChI is InChI=1S/C18H25NO3.C17H23NO3.C16H23NO3.C16H21NO3.C8H17NO.C2H6O.CH3F.2CO2.CH4O.CH4.B.K.Na.H2O.H/c1-3-18(2)11-13-19(12-7-10-16(18)20)17(21)22-14-15-8-5-4-6-9-15;1-2-15-10-12-18(11-6-9-16(15)19)17(20)21-13-14-7-4-3-5-8-14;2*1-13-9-11-17(10-5-8-15(13)18)16(19)20-12-14-6-3-2-4-7-14;1-7-4-6-9-5-2-3-8(7)10;1-2-3;1-2;2*2-1-3;1-2;;;;;;/h4-6,8-9H,3,7,10-14H2,1-2H3;3-5,7-8,15H,2,6,9-13H2,1H3;2-4,6-7,13,15,18H,5,8-12H2,1H3;2-4,6-7,13H,5,8-12H2,1H3;7-10H,2-6H2,1H3;3H,2H2,1H3;1H3;;;2H,1H3;1H4;;;;1H2;/q;;;;;;;;;;;;2*+1;;-1/p-1/i;;;;;;1D;;;;;;;;;. The first-order valence-corrected chi connectivity index (χ1v) is 36.9. The van der Waals surface area contributed by atoms with Gasteiger partial charge in [-0.25, -0.2) is 19.2 Å². The van der Waals surface area contributed by atoms with Gasteiger partial charge in [-0.1, -0.05) is 170 Å². The first-order valence-electron chi connectivity index (χ1n) is 37.6. The van der Waals surface area contributed by atoms with Gasteiger partial charge in [0.15, 0.2) is 0 Å². The van der Waals surface area contributed by atoms with E-state index in [2.05, 4.69) is 12.2 Å². The van der Waals surface area contributed by atoms with Crippen LogP contribution < -0.4 is 86.3 Å². The van der Waals surface area contributed by atoms with Gasteiger partial charge in [0.1, 0.15) is 43.8 Å². The second kappa shape index (κ2) is 74.2. The first-order chi connectivity index (χ1) is 51.5. The maximum Gasteiger partial charge on any atom is 1.00 e. The Labute approximate surface area is 729 Å². The van der Waals surface area contributed by atoms with E-state index in [1.165, 1.54) is 0 Å². The Morgan fingerprint density at radius 2 is 0.847 bits per heavy atom. The number of carbonyl (C=O) groups excluding carboxylic acids is 11. The van der Waals surface area contributed by atoms with Crippen molar-refractivity contribution >= 4 is 62.4 Å². The van der Waals surface area contributed by atoms with Crippen molar-refractivity contribution in [3.05, 3.63) is 144 Å². The average Bonchev–Trinajstić information content (AvgIpc) is 0.852. The summed E-state index contributed by atoms with van der Waals surface area (Å²) in [5, 5.41) is 37.2. The zero-order valence-electron chi connectivity index (χ0n) is 68.9. The fraction of sp³-hybridized carbons (Fsp3) is 0.598. The maximum absolute atomic E-state index is 12.2. The summed E-state index contributed by atoms with van der Waals surface area (Å²) in [5.74, 6) is 1.83. The van der Waals surface area contributed by atoms with Gasteiger partial charge in [0.25, 0.3) is 0 Å². The van der Waals surface area contributed by atoms with Gasteiger partial charge in [0.05, 0.1) is 20.7 Å². The van der Waals surface area contributed by atoms with Crippen LogP contribution in [0, 0.1) is 29.1 Å². The molecule has 5 aliphatic heterocycles. The molecule has 0 saturated carbocycles. The van der Waals surface area contributed by atoms with Crippen molar-refractivity contribution in [2.75, 3.05) is 86.3 Å². The van der Waals surface area contributed by atoms with Crippen molar-refractivity contribution in [1.29, 1.82) is 0 Å². The van der Waals surface area contributed by atoms with Crippen LogP contribution in [0.5, 0.6) is 0 Å². The molecule has 3 radical (unpaired) electrons. The molecule has 7 unspecified atom stereocenters. The van der Waals surface area contributed by atoms with E-state index in [0.29, 0.717) is 128 Å². The minimum absolute atomic E-state index is 0. The fourth-order valence-corrected chi connectivity index (χ4v) is 11.5. The Bertz CT molecular complexity index is 3070. The van der Waals surface area contributed by atoms with E-state index < -0.39 is 7.15 Å². The molecule has 111 heavy (non-hydrogen) atoms. The number of ketones is 3. The predicted molar refractivity (Wildman–Crippen MR) is 415 cm³/mol. The van der Waals surface area contributed by atoms with Crippen LogP contribution in [0.4, 0.5) is 23.6 Å². The number of rotatable bonds is 10. The fourth-order valence-electron chi connectivity index (χ4n) is 11.5. The number of benzene rings is 4. The Kier molecular flexibility index (Phi) is 76.0. The first kappa shape index (κ1) is 114. The minimum Gasteiger partial charge on any atom is -1.00 e. The quantitative estimate of drug-likeness (QED) is 0.0787. The van der Waals surface area contributed by atoms with Gasteiger partial charge in [0.2, 0.25) is 0 Å². The second-order valence-corrected chi connectivity index (χ2v) is 26.2. The number of amides is 4. The van der Waals surface area contributed by atoms with Gasteiger partial charge < -0.3 is 71.2 Å². The second-order valence-electron chi connectivity index (χ2n) is 26.2. The van der Waals surface area contributed by atoms with Gasteiger partial charge in [-0.2, -0.15) is 19.2 Å². The van der Waals surface area contributed by atoms with Gasteiger partial charge in [0, 0.05) is 111 Å². The molecule has 5 fully saturated rings. The molecule has 0 aliphatic carbocycles. The zero-order valence-corrected chi connectivity index (χ0v) is 72.1. The number of nitrogens with zero attached hydrogens (tertiary/aromatic N) is 4. The van der Waals surface area contributed by atoms with Gasteiger partial charge in [-0.15, -0.1) is 0 Å². The summed E-state index contributed by atoms with van der Waals surface area (Å²) in [7, 11) is 0. The molecule has 0 bridgehead atoms. The van der Waals surface area contributed by atoms with E-state index in [1.54, 1.807) is 26.5 Å². The molecule has 5 heterocycles. The monoisotopic (exact) mass is 1600 g/mol. The topological polar surface area (TPSA) is 361 Å². The Hall–Kier alpha value is -5.88. The average molecular weight is 1600 g/mol. The van der Waals surface area contributed by atoms with E-state index in [4.69, 9.17) is 49.7 Å². The predicted octanol–water partition coefficient (Wildman–Crippen LogP) is 7.00. The van der Waals surface area contributed by atoms with E-state index in [0.717, 1.165) is 126 Å². The number of hydrogen-bond acceptors (Lipinski definition) is 21. The van der Waals surface area contributed by atoms with Crippen molar-refractivity contribution in [3.63, 3.8) is 0 Å². The molecule has 9 rings (SSSR count). The van der Waals surface area contributed by atoms with E-state index in [1.807, 2.05) is 156 Å². The molecule has 4 aromatic rings. The number of aliphatic hydroxyl groups excluding tert-OH is 4. The van der Waals surface area contributed by atoms with Gasteiger partial charge in [-0.05, 0) is 144 Å². The van der Waals surface area contributed by atoms with E-state index >= 15 is 0 Å². The normalized spacial score (nSPS) is 20.0. The molecule has 7 atom stereocenters. The zero-order chi connectivity index (χ0) is 80.1. The van der Waals surface area contributed by atoms with Crippen molar-refractivity contribution < 1.29 is 186 Å². The molecule has 6 N–H and O–H groups in total. The van der Waals surface area contributed by atoms with Crippen LogP contribution in [0.2, 0.25) is 0 Å². The third-order valence-corrected chi connectivity index (χ3v) is 18.6. The molecular weight excluding hydrogens is 1470 g/mol. The third kappa shape index (κ3) is 53.0. The molecular formula is C82H128BFKN5NaO20. The number of carbonyl (C=O) groups is 7. The summed E-state index contributed by atoms with van der Waals surface area (Å²) in [6.45, 7) is 22.4. The summed E-state index contributed by atoms with van der Waals surface area (Å²) >= 11 is 0. The maximum atomic E-state index is 12.2. The van der Waals surface area contributed by atoms with Crippen LogP contribution in [0.3, 0.4) is 0 Å². The molecule has 613 valence electrons. The Morgan fingerprint density at radius 1 is 0.532 bits per heavy atom. The smallest absolute Gasteiger partial charge is 1.00 e. The Morgan fingerprint density at radius 3 is 1.22 bits per heavy atom. The van der Waals surface area contributed by atoms with Crippen LogP contribution in [0.1, 0.15) is 190 Å². The van der Waals surface area contributed by atoms with Gasteiger partial charge in [-0.3, -0.25) is 18.8 Å². The molecule has 5 aliphatic rings. The summed E-state index contributed by atoms with van der Waals surface area (Å²) in [4.78, 5) is 124. The summed E-state index contributed by atoms with van der Waals surface area (Å²) in [5.41, 5.74) is 3.64. The van der Waals surface area contributed by atoms with Crippen LogP contribution in [0.25, 0.3) is 0 Å². The third-order valence-electron chi connectivity index (χ3n) is 18.6. The van der Waals surface area contributed by atoms with E-state index in [9.17, 15) is 48.2 Å². The molecule has 4 aromatic carbocycles. The number of likely N-dealkylation sites (tertiary alicyclic amines) is 4. The van der Waals surface area contributed by atoms with Crippen LogP contribution >= 0.6 is 0 Å². The minimum atomic E-state index is -1.00. The summed E-state index contributed by atoms with van der Waals surface area (Å²) < 4.78 is 36.9. The number of ether oxygens (including phenoxy) is 4. The molecule has 0 spiro atoms. The van der Waals surface area contributed by atoms with Crippen LogP contribution in [-0.4, -0.2) is 206 Å². The number of halogens is 1. The molecule has 4 amide bonds. The summed E-state index contributed by atoms with van der Waals surface area (Å²) in [6, 6.07) is 38.7. The number of aliphatic hydroxyl groups is 4. The van der Waals surface area contributed by atoms with Crippen LogP contribution in [-0.2, 0) is 78.9 Å². The Balaban J connectivity index is -0.000000238. The number of hydrogen-bond donors (Lipinski definition) is 5. The van der Waals surface area contributed by atoms with Gasteiger partial charge >= 0.3 is 118 Å². The van der Waals surface area contributed by atoms with Crippen molar-refractivity contribution in [1.82, 2.24) is 24.9 Å².